The van der Waals surface area contributed by atoms with Crippen LogP contribution in [0.25, 0.3) is 0 Å². The van der Waals surface area contributed by atoms with Gasteiger partial charge < -0.3 is 72.1 Å². The first kappa shape index (κ1) is 84.5. The van der Waals surface area contributed by atoms with Gasteiger partial charge in [0.05, 0.1) is 104 Å². The number of hydrogen-bond acceptors (Lipinski definition) is 16. The number of benzene rings is 3. The largest absolute Gasteiger partial charge is 1.00 e. The molecule has 31 heteroatoms. The normalized spacial score (nSPS) is 24.3. The smallest absolute Gasteiger partial charge is 0.503 e. The van der Waals surface area contributed by atoms with Crippen molar-refractivity contribution in [3.05, 3.63) is 142 Å². The minimum atomic E-state index is -1.36. The van der Waals surface area contributed by atoms with Gasteiger partial charge in [-0.1, -0.05) is 60.7 Å². The van der Waals surface area contributed by atoms with Gasteiger partial charge >= 0.3 is 31.0 Å². The van der Waals surface area contributed by atoms with E-state index < -0.39 is 131 Å². The number of pyridine rings is 1. The molecule has 0 spiro atoms. The van der Waals surface area contributed by atoms with Crippen LogP contribution in [0, 0.1) is 24.9 Å². The summed E-state index contributed by atoms with van der Waals surface area (Å²) in [6.45, 7) is 26.3. The zero-order valence-corrected chi connectivity index (χ0v) is 61.3. The van der Waals surface area contributed by atoms with Crippen LogP contribution in [0.15, 0.2) is 88.2 Å². The number of nitrogens with two attached hydrogens (primary N) is 1. The molecule has 5 aliphatic heterocycles. The Kier molecular flexibility index (Phi) is 31.6. The molecule has 4 aromatic rings. The van der Waals surface area contributed by atoms with Gasteiger partial charge in [0.1, 0.15) is 47.2 Å². The van der Waals surface area contributed by atoms with Crippen molar-refractivity contribution < 1.29 is 98.8 Å². The second kappa shape index (κ2) is 36.6. The molecule has 6 heterocycles. The van der Waals surface area contributed by atoms with Crippen molar-refractivity contribution in [2.75, 3.05) is 59.9 Å². The summed E-state index contributed by atoms with van der Waals surface area (Å²) in [5, 5.41) is 18.3. The van der Waals surface area contributed by atoms with Crippen LogP contribution < -0.4 is 55.4 Å². The van der Waals surface area contributed by atoms with Crippen LogP contribution in [-0.2, 0) is 81.1 Å². The van der Waals surface area contributed by atoms with Gasteiger partial charge in [-0.05, 0) is 113 Å². The fourth-order valence-electron chi connectivity index (χ4n) is 10.1. The number of ether oxygens (including phenoxy) is 6. The molecule has 3 aromatic carbocycles. The first-order valence-electron chi connectivity index (χ1n) is 31.5. The van der Waals surface area contributed by atoms with E-state index in [9.17, 15) is 54.9 Å². The van der Waals surface area contributed by atoms with Crippen molar-refractivity contribution in [3.63, 3.8) is 0 Å². The number of likely N-dealkylation sites (N-methyl/N-ethyl adjacent to an activating group) is 1. The number of alkyl carbamates (subject to hydrolysis) is 2. The van der Waals surface area contributed by atoms with E-state index in [1.807, 2.05) is 144 Å². The SMILES string of the molecule is CC(C)(C)[S@@](=O)N=C1CCOC[C@@H]1NC(=O)OCc1ccccc1.CC(C)(C)[S@@](=O)N[C@]1(C)CCOC[C@@H]1N.CC(C)(C)[S@@](=O)N[C@]1(C)CCOC[C@@H]1NC(=O)OCc1ccccc1.CN1C(=O)c2c(O)c(=O)c(C(=O)NCc3c(F)cc(F)cc3F)cn2[C@H]2COCC[C@]21C.[CH3-].[HH].[Li+]. The van der Waals surface area contributed by atoms with E-state index in [0.717, 1.165) is 23.7 Å². The van der Waals surface area contributed by atoms with Crippen LogP contribution >= 0.6 is 0 Å². The number of rotatable bonds is 14. The summed E-state index contributed by atoms with van der Waals surface area (Å²) in [5.74, 6) is -6.01. The first-order chi connectivity index (χ1) is 44.9. The molecule has 4 saturated heterocycles. The van der Waals surface area contributed by atoms with Gasteiger partial charge in [-0.25, -0.2) is 44.8 Å². The Labute approximate surface area is 594 Å². The first-order valence-corrected chi connectivity index (χ1v) is 34.9. The Morgan fingerprint density at radius 3 is 1.73 bits per heavy atom. The fourth-order valence-corrected chi connectivity index (χ4v) is 12.7. The maximum atomic E-state index is 13.8. The van der Waals surface area contributed by atoms with Crippen molar-refractivity contribution in [3.8, 4) is 5.75 Å². The Morgan fingerprint density at radius 1 is 0.714 bits per heavy atom. The summed E-state index contributed by atoms with van der Waals surface area (Å²) in [6.07, 6.45) is 2.60. The number of halogens is 3. The Balaban J connectivity index is 0.000000350. The quantitative estimate of drug-likeness (QED) is 0.0640. The van der Waals surface area contributed by atoms with Gasteiger partial charge in [-0.15, -0.1) is 0 Å². The molecule has 542 valence electrons. The molecular weight excluding hydrogens is 1330 g/mol. The molecular formula is C67H99F3LiN9O15S3. The van der Waals surface area contributed by atoms with Gasteiger partial charge in [0.25, 0.3) is 11.8 Å². The summed E-state index contributed by atoms with van der Waals surface area (Å²) < 4.78 is 121. The molecule has 5 aliphatic rings. The molecule has 8 N–H and O–H groups in total. The molecule has 4 fully saturated rings. The maximum absolute atomic E-state index is 13.8. The summed E-state index contributed by atoms with van der Waals surface area (Å²) >= 11 is 0. The molecule has 24 nitrogen and oxygen atoms in total. The third-order valence-corrected chi connectivity index (χ3v) is 21.7. The topological polar surface area (TPSA) is 319 Å². The average Bonchev–Trinajstić information content (AvgIpc) is 0.722. The number of nitrogens with zero attached hydrogens (tertiary/aromatic N) is 3. The summed E-state index contributed by atoms with van der Waals surface area (Å²) in [6, 6.07) is 18.6. The number of aromatic nitrogens is 1. The standard InChI is InChI=1S/C21H20F3N3O5.C18H28N2O4S.C17H24N2O4S.C10H22N2O2S.CH3.Li.H2/c1-21-3-4-32-9-15(21)27-8-12(17(28)18(29)16(27)20(31)26(21)2)19(30)25-7-11-13(23)5-10(22)6-14(11)24;1-17(2,3)25(22)20-18(4)10-11-23-13-15(18)19-16(21)24-12-14-8-6-5-7-9-14;1-17(2,3)24(21)19-14-9-10-22-12-15(14)18-16(20)23-11-13-7-5-4-6-8-13;1-9(2,3)15(13)12-10(4)5-6-14-7-8(10)11;;;/h5-6,8,15,29H,3-4,7,9H2,1-2H3,(H,25,30);5-9,15,20H,10-13H2,1-4H3,(H,19,21);4-8,15H,9-12H2,1-3H3,(H,18,20);8,12H,5-7,11H2,1-4H3;1H3;;1H/q;;;;-1;+1;/t15-,21+;15-,18+,25+;15-,24+;8-,10+,15+;;;/m0000.../s1. The van der Waals surface area contributed by atoms with Gasteiger partial charge in [0.15, 0.2) is 11.4 Å². The van der Waals surface area contributed by atoms with E-state index in [-0.39, 0.29) is 80.3 Å². The summed E-state index contributed by atoms with van der Waals surface area (Å²) in [7, 11) is -2.11. The van der Waals surface area contributed by atoms with Crippen LogP contribution in [0.4, 0.5) is 22.8 Å². The van der Waals surface area contributed by atoms with E-state index in [1.54, 1.807) is 7.05 Å². The monoisotopic (exact) mass is 1430 g/mol. The van der Waals surface area contributed by atoms with Crippen molar-refractivity contribution >= 4 is 62.7 Å². The molecule has 0 bridgehead atoms. The molecule has 10 atom stereocenters. The Morgan fingerprint density at radius 2 is 1.20 bits per heavy atom. The number of hydrogen-bond donors (Lipinski definition) is 7. The zero-order chi connectivity index (χ0) is 71.1. The van der Waals surface area contributed by atoms with Crippen LogP contribution in [0.5, 0.6) is 5.75 Å². The molecule has 4 amide bonds. The van der Waals surface area contributed by atoms with Gasteiger partial charge in [-0.3, -0.25) is 14.4 Å². The van der Waals surface area contributed by atoms with Crippen molar-refractivity contribution in [2.24, 2.45) is 10.1 Å². The molecule has 98 heavy (non-hydrogen) atoms. The average molecular weight is 1430 g/mol. The molecule has 0 radical (unpaired) electrons. The minimum absolute atomic E-state index is 0. The zero-order valence-electron chi connectivity index (χ0n) is 58.9. The third-order valence-electron chi connectivity index (χ3n) is 16.7. The van der Waals surface area contributed by atoms with Crippen molar-refractivity contribution in [1.29, 1.82) is 0 Å². The van der Waals surface area contributed by atoms with E-state index in [4.69, 9.17) is 34.2 Å². The van der Waals surface area contributed by atoms with Gasteiger partial charge in [-0.2, -0.15) is 4.40 Å². The summed E-state index contributed by atoms with van der Waals surface area (Å²) in [4.78, 5) is 63.8. The molecule has 1 aromatic heterocycles. The fraction of sp³-hybridized carbons (Fsp3) is 0.567. The number of carbonyl (C=O) groups excluding carboxylic acids is 4. The predicted octanol–water partition coefficient (Wildman–Crippen LogP) is 5.07. The maximum Gasteiger partial charge on any atom is 1.00 e. The second-order valence-corrected chi connectivity index (χ2v) is 33.3. The molecule has 9 rings (SSSR count). The number of carbonyl (C=O) groups is 4. The third kappa shape index (κ3) is 23.1. The summed E-state index contributed by atoms with van der Waals surface area (Å²) in [5.41, 5.74) is 4.54. The van der Waals surface area contributed by atoms with E-state index in [2.05, 4.69) is 29.8 Å². The number of amides is 4. The Hall–Kier alpha value is -5.88. The molecule has 0 aliphatic carbocycles. The second-order valence-electron chi connectivity index (χ2n) is 27.4. The van der Waals surface area contributed by atoms with Crippen LogP contribution in [-0.4, -0.2) is 166 Å². The number of fused-ring (bicyclic) bond motifs is 3. The Bertz CT molecular complexity index is 3510. The van der Waals surface area contributed by atoms with Crippen LogP contribution in [0.3, 0.4) is 0 Å². The molecule has 0 unspecified atom stereocenters. The van der Waals surface area contributed by atoms with E-state index in [1.165, 1.54) is 9.47 Å². The van der Waals surface area contributed by atoms with Gasteiger partial charge in [0, 0.05) is 76.7 Å². The van der Waals surface area contributed by atoms with Gasteiger partial charge in [0.2, 0.25) is 5.43 Å². The van der Waals surface area contributed by atoms with Crippen LogP contribution in [0.1, 0.15) is 154 Å². The number of aromatic hydroxyl groups is 1. The van der Waals surface area contributed by atoms with Crippen LogP contribution in [0.2, 0.25) is 0 Å². The van der Waals surface area contributed by atoms with E-state index >= 15 is 0 Å². The van der Waals surface area contributed by atoms with E-state index in [0.29, 0.717) is 83.4 Å². The van der Waals surface area contributed by atoms with Crippen molar-refractivity contribution in [1.82, 2.24) is 34.9 Å². The minimum Gasteiger partial charge on any atom is -0.503 e. The number of nitrogens with one attached hydrogen (secondary N) is 5. The predicted molar refractivity (Wildman–Crippen MR) is 369 cm³/mol. The molecule has 0 saturated carbocycles. The van der Waals surface area contributed by atoms with Crippen molar-refractivity contribution in [2.45, 2.75) is 184 Å².